The second-order valence-corrected chi connectivity index (χ2v) is 5.22. The van der Waals surface area contributed by atoms with E-state index in [9.17, 15) is 4.79 Å². The molecular formula is C17H18N2O3. The van der Waals surface area contributed by atoms with Crippen molar-refractivity contribution < 1.29 is 14.3 Å². The maximum Gasteiger partial charge on any atom is 0.343 e. The molecule has 0 aliphatic heterocycles. The van der Waals surface area contributed by atoms with Gasteiger partial charge < -0.3 is 9.47 Å². The van der Waals surface area contributed by atoms with E-state index in [2.05, 4.69) is 16.0 Å². The van der Waals surface area contributed by atoms with Crippen LogP contribution in [0.1, 0.15) is 46.6 Å². The van der Waals surface area contributed by atoms with Crippen molar-refractivity contribution in [2.24, 2.45) is 0 Å². The van der Waals surface area contributed by atoms with Gasteiger partial charge in [-0.15, -0.1) is 0 Å². The second-order valence-electron chi connectivity index (χ2n) is 5.22. The lowest BCUT2D eigenvalue weighted by Gasteiger charge is -2.16. The maximum absolute atomic E-state index is 12.1. The zero-order valence-corrected chi connectivity index (χ0v) is 12.7. The summed E-state index contributed by atoms with van der Waals surface area (Å²) in [6, 6.07) is 5.76. The van der Waals surface area contributed by atoms with Crippen molar-refractivity contribution >= 4 is 5.97 Å². The highest BCUT2D eigenvalue weighted by Gasteiger charge is 2.28. The average molecular weight is 298 g/mol. The lowest BCUT2D eigenvalue weighted by molar-refractivity contribution is 0.0516. The number of carbonyl (C=O) groups excluding carboxylic acids is 1. The summed E-state index contributed by atoms with van der Waals surface area (Å²) in [6.07, 6.45) is 5.00. The van der Waals surface area contributed by atoms with Crippen LogP contribution in [0.4, 0.5) is 0 Å². The number of carbonyl (C=O) groups is 1. The normalized spacial score (nSPS) is 16.2. The lowest BCUT2D eigenvalue weighted by atomic mass is 10.1. The van der Waals surface area contributed by atoms with Crippen LogP contribution in [-0.2, 0) is 11.2 Å². The smallest absolute Gasteiger partial charge is 0.343 e. The van der Waals surface area contributed by atoms with Crippen LogP contribution in [0.3, 0.4) is 0 Å². The van der Waals surface area contributed by atoms with Gasteiger partial charge in [-0.1, -0.05) is 6.07 Å². The molecule has 1 unspecified atom stereocenters. The number of nitrogens with zero attached hydrogens (tertiary/aromatic N) is 2. The van der Waals surface area contributed by atoms with E-state index in [1.165, 1.54) is 5.56 Å². The number of aryl methyl sites for hydroxylation is 2. The van der Waals surface area contributed by atoms with E-state index in [-0.39, 0.29) is 6.10 Å². The van der Waals surface area contributed by atoms with Gasteiger partial charge in [0.25, 0.3) is 0 Å². The molecule has 0 bridgehead atoms. The SMILES string of the molecule is CCOC(=O)c1c(C)ccnc1OC1CCc2cccnc21. The molecule has 114 valence electrons. The number of pyridine rings is 2. The van der Waals surface area contributed by atoms with Crippen LogP contribution in [-0.4, -0.2) is 22.5 Å². The van der Waals surface area contributed by atoms with Crippen molar-refractivity contribution in [2.45, 2.75) is 32.8 Å². The maximum atomic E-state index is 12.1. The van der Waals surface area contributed by atoms with Crippen molar-refractivity contribution in [3.63, 3.8) is 0 Å². The Balaban J connectivity index is 1.90. The number of rotatable bonds is 4. The summed E-state index contributed by atoms with van der Waals surface area (Å²) in [5, 5.41) is 0. The van der Waals surface area contributed by atoms with Crippen molar-refractivity contribution in [3.8, 4) is 5.88 Å². The monoisotopic (exact) mass is 298 g/mol. The van der Waals surface area contributed by atoms with Gasteiger partial charge in [0.05, 0.1) is 12.3 Å². The Hall–Kier alpha value is -2.43. The Bertz CT molecular complexity index is 700. The lowest BCUT2D eigenvalue weighted by Crippen LogP contribution is -2.13. The molecule has 0 N–H and O–H groups in total. The molecule has 1 atom stereocenters. The summed E-state index contributed by atoms with van der Waals surface area (Å²) in [6.45, 7) is 3.95. The van der Waals surface area contributed by atoms with Crippen LogP contribution in [0, 0.1) is 6.92 Å². The Morgan fingerprint density at radius 1 is 1.32 bits per heavy atom. The van der Waals surface area contributed by atoms with E-state index in [0.29, 0.717) is 18.1 Å². The standard InChI is InChI=1S/C17H18N2O3/c1-3-21-17(20)14-11(2)8-10-19-16(14)22-13-7-6-12-5-4-9-18-15(12)13/h4-5,8-10,13H,3,6-7H2,1-2H3. The highest BCUT2D eigenvalue weighted by Crippen LogP contribution is 2.34. The minimum Gasteiger partial charge on any atom is -0.467 e. The van der Waals surface area contributed by atoms with E-state index < -0.39 is 5.97 Å². The molecule has 5 nitrogen and oxygen atoms in total. The van der Waals surface area contributed by atoms with Gasteiger partial charge >= 0.3 is 5.97 Å². The van der Waals surface area contributed by atoms with Gasteiger partial charge in [0.15, 0.2) is 0 Å². The second kappa shape index (κ2) is 6.13. The summed E-state index contributed by atoms with van der Waals surface area (Å²) in [5.41, 5.74) is 3.31. The first-order chi connectivity index (χ1) is 10.7. The fourth-order valence-corrected chi connectivity index (χ4v) is 2.70. The van der Waals surface area contributed by atoms with Crippen LogP contribution in [0.5, 0.6) is 5.88 Å². The Morgan fingerprint density at radius 2 is 2.18 bits per heavy atom. The Labute approximate surface area is 129 Å². The third-order valence-corrected chi connectivity index (χ3v) is 3.76. The van der Waals surface area contributed by atoms with Crippen molar-refractivity contribution in [3.05, 3.63) is 53.0 Å². The molecule has 2 aromatic heterocycles. The van der Waals surface area contributed by atoms with E-state index in [0.717, 1.165) is 24.1 Å². The molecule has 22 heavy (non-hydrogen) atoms. The number of hydrogen-bond acceptors (Lipinski definition) is 5. The van der Waals surface area contributed by atoms with E-state index in [1.54, 1.807) is 25.4 Å². The third kappa shape index (κ3) is 2.66. The molecule has 0 saturated carbocycles. The predicted octanol–water partition coefficient (Wildman–Crippen LogP) is 3.03. The van der Waals surface area contributed by atoms with Crippen molar-refractivity contribution in [1.29, 1.82) is 0 Å². The molecule has 1 aliphatic carbocycles. The van der Waals surface area contributed by atoms with E-state index in [1.807, 2.05) is 13.0 Å². The number of ether oxygens (including phenoxy) is 2. The number of hydrogen-bond donors (Lipinski definition) is 0. The number of aromatic nitrogens is 2. The fourth-order valence-electron chi connectivity index (χ4n) is 2.70. The molecule has 0 spiro atoms. The third-order valence-electron chi connectivity index (χ3n) is 3.76. The predicted molar refractivity (Wildman–Crippen MR) is 80.9 cm³/mol. The van der Waals surface area contributed by atoms with Gasteiger partial charge in [0, 0.05) is 12.4 Å². The molecule has 2 aromatic rings. The topological polar surface area (TPSA) is 61.3 Å². The zero-order valence-electron chi connectivity index (χ0n) is 12.7. The molecule has 3 rings (SSSR count). The van der Waals surface area contributed by atoms with E-state index in [4.69, 9.17) is 9.47 Å². The van der Waals surface area contributed by atoms with E-state index >= 15 is 0 Å². The Kier molecular flexibility index (Phi) is 4.04. The zero-order chi connectivity index (χ0) is 15.5. The van der Waals surface area contributed by atoms with Crippen LogP contribution in [0.2, 0.25) is 0 Å². The van der Waals surface area contributed by atoms with Gasteiger partial charge in [-0.25, -0.2) is 9.78 Å². The fraction of sp³-hybridized carbons (Fsp3) is 0.353. The first-order valence-corrected chi connectivity index (χ1v) is 7.44. The molecular weight excluding hydrogens is 280 g/mol. The summed E-state index contributed by atoms with van der Waals surface area (Å²) < 4.78 is 11.1. The van der Waals surface area contributed by atoms with Gasteiger partial charge in [0.1, 0.15) is 11.7 Å². The van der Waals surface area contributed by atoms with Crippen molar-refractivity contribution in [1.82, 2.24) is 9.97 Å². The van der Waals surface area contributed by atoms with Gasteiger partial charge in [-0.3, -0.25) is 4.98 Å². The molecule has 0 aromatic carbocycles. The van der Waals surface area contributed by atoms with Crippen molar-refractivity contribution in [2.75, 3.05) is 6.61 Å². The molecule has 1 aliphatic rings. The summed E-state index contributed by atoms with van der Waals surface area (Å²) in [5.74, 6) is -0.0794. The number of esters is 1. The van der Waals surface area contributed by atoms with Crippen LogP contribution in [0.25, 0.3) is 0 Å². The first-order valence-electron chi connectivity index (χ1n) is 7.44. The number of fused-ring (bicyclic) bond motifs is 1. The van der Waals surface area contributed by atoms with Gasteiger partial charge in [-0.05, 0) is 49.9 Å². The molecule has 0 amide bonds. The molecule has 0 radical (unpaired) electrons. The molecule has 5 heteroatoms. The summed E-state index contributed by atoms with van der Waals surface area (Å²) in [7, 11) is 0. The van der Waals surface area contributed by atoms with Crippen LogP contribution < -0.4 is 4.74 Å². The highest BCUT2D eigenvalue weighted by atomic mass is 16.5. The van der Waals surface area contributed by atoms with Gasteiger partial charge in [-0.2, -0.15) is 0 Å². The largest absolute Gasteiger partial charge is 0.467 e. The van der Waals surface area contributed by atoms with Gasteiger partial charge in [0.2, 0.25) is 5.88 Å². The highest BCUT2D eigenvalue weighted by molar-refractivity contribution is 5.93. The van der Waals surface area contributed by atoms with Crippen LogP contribution in [0.15, 0.2) is 30.6 Å². The first kappa shape index (κ1) is 14.5. The molecule has 0 fully saturated rings. The Morgan fingerprint density at radius 3 is 3.00 bits per heavy atom. The quantitative estimate of drug-likeness (QED) is 0.812. The minimum absolute atomic E-state index is 0.168. The molecule has 0 saturated heterocycles. The summed E-state index contributed by atoms with van der Waals surface area (Å²) >= 11 is 0. The average Bonchev–Trinajstić information content (AvgIpc) is 2.91. The minimum atomic E-state index is -0.401. The van der Waals surface area contributed by atoms with Crippen LogP contribution >= 0.6 is 0 Å². The molecule has 2 heterocycles. The summed E-state index contributed by atoms with van der Waals surface area (Å²) in [4.78, 5) is 20.8.